The van der Waals surface area contributed by atoms with Crippen molar-refractivity contribution in [2.75, 3.05) is 26.2 Å². The Bertz CT molecular complexity index is 1360. The van der Waals surface area contributed by atoms with Gasteiger partial charge < -0.3 is 15.4 Å². The third kappa shape index (κ3) is 3.69. The number of fused-ring (bicyclic) bond motifs is 1. The molecule has 2 aliphatic rings. The molecule has 4 nitrogen and oxygen atoms in total. The van der Waals surface area contributed by atoms with Crippen LogP contribution in [0.15, 0.2) is 78.8 Å². The fourth-order valence-electron chi connectivity index (χ4n) is 4.94. The Morgan fingerprint density at radius 1 is 1.16 bits per heavy atom. The van der Waals surface area contributed by atoms with Gasteiger partial charge in [0.2, 0.25) is 5.91 Å². The van der Waals surface area contributed by atoms with Gasteiger partial charge in [-0.25, -0.2) is 0 Å². The van der Waals surface area contributed by atoms with E-state index in [0.717, 1.165) is 11.1 Å². The molecule has 0 radical (unpaired) electrons. The fourth-order valence-corrected chi connectivity index (χ4v) is 4.94. The maximum Gasteiger partial charge on any atom is 0.232 e. The van der Waals surface area contributed by atoms with Crippen LogP contribution in [0.5, 0.6) is 5.75 Å². The third-order valence-electron chi connectivity index (χ3n) is 6.45. The molecule has 2 N–H and O–H groups in total. The predicted octanol–water partition coefficient (Wildman–Crippen LogP) is 3.96. The topological polar surface area (TPSA) is 55.6 Å². The molecule has 0 aliphatic carbocycles. The van der Waals surface area contributed by atoms with Crippen LogP contribution in [0.2, 0.25) is 0 Å². The second-order valence-electron chi connectivity index (χ2n) is 8.22. The Labute approximate surface area is 199 Å². The largest absolute Gasteiger partial charge is 0.493 e. The van der Waals surface area contributed by atoms with E-state index in [1.165, 1.54) is 0 Å². The first-order valence-corrected chi connectivity index (χ1v) is 10.8. The monoisotopic (exact) mass is 433 g/mol. The quantitative estimate of drug-likeness (QED) is 0.614. The van der Waals surface area contributed by atoms with Gasteiger partial charge in [-0.15, -0.1) is 0 Å². The lowest BCUT2D eigenvalue weighted by Crippen LogP contribution is -2.49. The van der Waals surface area contributed by atoms with E-state index < -0.39 is 42.2 Å². The van der Waals surface area contributed by atoms with E-state index in [0.29, 0.717) is 19.5 Å². The zero-order valence-corrected chi connectivity index (χ0v) is 17.7. The lowest BCUT2D eigenvalue weighted by molar-refractivity contribution is -0.123. The smallest absolute Gasteiger partial charge is 0.232 e. The first kappa shape index (κ1) is 14.1. The van der Waals surface area contributed by atoms with E-state index >= 15 is 0 Å². The van der Waals surface area contributed by atoms with E-state index in [1.54, 1.807) is 0 Å². The fraction of sp³-hybridized carbons (Fsp3) is 0.321. The molecule has 4 heteroatoms. The number of carbonyl (C=O) groups excluding carboxylic acids is 1. The molecule has 5 rings (SSSR count). The van der Waals surface area contributed by atoms with E-state index in [1.807, 2.05) is 65.6 Å². The lowest BCUT2D eigenvalue weighted by Gasteiger charge is -2.37. The van der Waals surface area contributed by atoms with Gasteiger partial charge in [0, 0.05) is 24.9 Å². The minimum Gasteiger partial charge on any atom is -0.493 e. The highest BCUT2D eigenvalue weighted by atomic mass is 16.5. The number of ether oxygens (including phenoxy) is 1. The van der Waals surface area contributed by atoms with Crippen LogP contribution in [0.4, 0.5) is 0 Å². The summed E-state index contributed by atoms with van der Waals surface area (Å²) in [5.74, 6) is -0.917. The number of likely N-dealkylation sites (tertiary alicyclic amines) is 1. The Hall–Kier alpha value is -3.11. The maximum atomic E-state index is 13.3. The van der Waals surface area contributed by atoms with Crippen molar-refractivity contribution in [2.45, 2.75) is 24.6 Å². The second kappa shape index (κ2) is 8.79. The zero-order chi connectivity index (χ0) is 28.2. The van der Waals surface area contributed by atoms with Gasteiger partial charge in [-0.1, -0.05) is 72.7 Å². The normalized spacial score (nSPS) is 23.5. The number of rotatable bonds is 7. The number of benzene rings is 3. The van der Waals surface area contributed by atoms with Crippen molar-refractivity contribution in [1.29, 1.82) is 0 Å². The number of hydrogen-bond donors (Lipinski definition) is 1. The summed E-state index contributed by atoms with van der Waals surface area (Å²) in [6.45, 7) is 0.230. The highest BCUT2D eigenvalue weighted by molar-refractivity contribution is 5.91. The van der Waals surface area contributed by atoms with Gasteiger partial charge in [0.1, 0.15) is 11.2 Å². The SMILES string of the molecule is [2H]c1c([2H])c(C([2H])([2H])CN2CC[C@@H](C(C(N)=O)(c3ccccc3)c3ccccc3)C2)c([2H])c2c1OCC2([2H])[2H]. The number of carbonyl (C=O) groups is 1. The molecule has 0 aromatic heterocycles. The summed E-state index contributed by atoms with van der Waals surface area (Å²) >= 11 is 0. The molecule has 2 aliphatic heterocycles. The molecule has 3 aromatic carbocycles. The zero-order valence-electron chi connectivity index (χ0n) is 24.7. The summed E-state index contributed by atoms with van der Waals surface area (Å²) in [5.41, 5.74) is 6.05. The van der Waals surface area contributed by atoms with Crippen molar-refractivity contribution >= 4 is 5.91 Å². The highest BCUT2D eigenvalue weighted by Crippen LogP contribution is 2.43. The van der Waals surface area contributed by atoms with E-state index in [2.05, 4.69) is 0 Å². The van der Waals surface area contributed by atoms with Gasteiger partial charge in [0.05, 0.1) is 10.7 Å². The predicted molar refractivity (Wildman–Crippen MR) is 127 cm³/mol. The molecular weight excluding hydrogens is 396 g/mol. The van der Waals surface area contributed by atoms with Crippen LogP contribution in [-0.4, -0.2) is 37.0 Å². The summed E-state index contributed by atoms with van der Waals surface area (Å²) in [4.78, 5) is 15.2. The van der Waals surface area contributed by atoms with Crippen molar-refractivity contribution in [3.05, 3.63) is 101 Å². The Morgan fingerprint density at radius 2 is 1.84 bits per heavy atom. The van der Waals surface area contributed by atoms with Crippen molar-refractivity contribution < 1.29 is 19.1 Å². The standard InChI is InChI=1S/C28H30N2O2/c29-27(31)28(23-7-3-1-4-8-23,24-9-5-2-6-10-24)25-14-17-30(20-25)16-13-21-11-12-26-22(19-21)15-18-32-26/h1-12,19,25H,13-18,20H2,(H2,29,31)/t25-/m1/s1/i11D,12D,13D2,15D2,19D. The molecule has 0 spiro atoms. The van der Waals surface area contributed by atoms with Crippen LogP contribution in [0.25, 0.3) is 0 Å². The minimum atomic E-state index is -2.23. The van der Waals surface area contributed by atoms with Gasteiger partial charge >= 0.3 is 0 Å². The first-order chi connectivity index (χ1) is 18.4. The number of nitrogens with zero attached hydrogens (tertiary/aromatic N) is 1. The van der Waals surface area contributed by atoms with E-state index in [-0.39, 0.29) is 35.9 Å². The van der Waals surface area contributed by atoms with E-state index in [4.69, 9.17) is 20.1 Å². The van der Waals surface area contributed by atoms with Crippen LogP contribution < -0.4 is 10.5 Å². The number of hydrogen-bond acceptors (Lipinski definition) is 3. The Kier molecular flexibility index (Phi) is 3.88. The van der Waals surface area contributed by atoms with Crippen LogP contribution in [-0.2, 0) is 23.0 Å². The molecule has 1 saturated heterocycles. The summed E-state index contributed by atoms with van der Waals surface area (Å²) in [7, 11) is 0. The van der Waals surface area contributed by atoms with Gasteiger partial charge in [-0.05, 0) is 53.6 Å². The van der Waals surface area contributed by atoms with Crippen LogP contribution in [0.1, 0.15) is 38.3 Å². The molecule has 164 valence electrons. The van der Waals surface area contributed by atoms with Gasteiger partial charge in [-0.2, -0.15) is 0 Å². The average molecular weight is 434 g/mol. The third-order valence-corrected chi connectivity index (χ3v) is 6.45. The highest BCUT2D eigenvalue weighted by Gasteiger charge is 2.49. The summed E-state index contributed by atoms with van der Waals surface area (Å²) in [6, 6.07) is 17.4. The Balaban J connectivity index is 1.50. The van der Waals surface area contributed by atoms with Crippen molar-refractivity contribution in [2.24, 2.45) is 11.7 Å². The van der Waals surface area contributed by atoms with Gasteiger partial charge in [-0.3, -0.25) is 4.79 Å². The molecule has 1 amide bonds. The average Bonchev–Trinajstić information content (AvgIpc) is 3.47. The van der Waals surface area contributed by atoms with Crippen LogP contribution in [0.3, 0.4) is 0 Å². The molecule has 32 heavy (non-hydrogen) atoms. The molecule has 1 atom stereocenters. The molecule has 1 fully saturated rings. The number of primary amides is 1. The first-order valence-electron chi connectivity index (χ1n) is 14.3. The van der Waals surface area contributed by atoms with Crippen LogP contribution >= 0.6 is 0 Å². The summed E-state index contributed by atoms with van der Waals surface area (Å²) in [6.07, 6.45) is -3.72. The molecule has 0 saturated carbocycles. The number of amides is 1. The van der Waals surface area contributed by atoms with Gasteiger partial charge in [0.25, 0.3) is 0 Å². The van der Waals surface area contributed by atoms with Crippen molar-refractivity contribution in [1.82, 2.24) is 4.90 Å². The summed E-state index contributed by atoms with van der Waals surface area (Å²) in [5, 5.41) is 0. The van der Waals surface area contributed by atoms with E-state index in [9.17, 15) is 4.79 Å². The van der Waals surface area contributed by atoms with Crippen molar-refractivity contribution in [3.8, 4) is 5.75 Å². The molecule has 0 unspecified atom stereocenters. The molecular formula is C28H30N2O2. The molecule has 2 heterocycles. The minimum absolute atomic E-state index is 0.159. The van der Waals surface area contributed by atoms with Crippen molar-refractivity contribution in [3.63, 3.8) is 0 Å². The maximum absolute atomic E-state index is 13.3. The summed E-state index contributed by atoms with van der Waals surface area (Å²) < 4.78 is 64.8. The Morgan fingerprint density at radius 3 is 2.50 bits per heavy atom. The number of nitrogens with two attached hydrogens (primary N) is 1. The second-order valence-corrected chi connectivity index (χ2v) is 8.22. The lowest BCUT2D eigenvalue weighted by atomic mass is 9.64. The molecule has 3 aromatic rings. The molecule has 0 bridgehead atoms. The van der Waals surface area contributed by atoms with Gasteiger partial charge in [0.15, 0.2) is 0 Å². The van der Waals surface area contributed by atoms with Crippen LogP contribution in [0, 0.1) is 5.92 Å².